The lowest BCUT2D eigenvalue weighted by Crippen LogP contribution is -2.33. The first-order chi connectivity index (χ1) is 8.97. The number of Topliss-reactive ketones (excluding diaryl/α,β-unsaturated/α-hetero) is 1. The van der Waals surface area contributed by atoms with E-state index < -0.39 is 0 Å². The van der Waals surface area contributed by atoms with Crippen LogP contribution in [0, 0.1) is 19.8 Å². The highest BCUT2D eigenvalue weighted by atomic mass is 16.1. The summed E-state index contributed by atoms with van der Waals surface area (Å²) in [5.41, 5.74) is 3.27. The molecule has 0 bridgehead atoms. The van der Waals surface area contributed by atoms with Gasteiger partial charge in [-0.15, -0.1) is 0 Å². The first-order valence-corrected chi connectivity index (χ1v) is 7.30. The number of nitrogens with zero attached hydrogens (tertiary/aromatic N) is 1. The van der Waals surface area contributed by atoms with Crippen molar-refractivity contribution in [2.75, 3.05) is 19.6 Å². The Labute approximate surface area is 117 Å². The highest BCUT2D eigenvalue weighted by Crippen LogP contribution is 2.12. The van der Waals surface area contributed by atoms with Gasteiger partial charge in [0.15, 0.2) is 5.78 Å². The van der Waals surface area contributed by atoms with E-state index in [-0.39, 0.29) is 5.78 Å². The smallest absolute Gasteiger partial charge is 0.176 e. The molecule has 1 atom stereocenters. The van der Waals surface area contributed by atoms with Crippen molar-refractivity contribution in [2.24, 2.45) is 5.92 Å². The Hall–Kier alpha value is -1.15. The van der Waals surface area contributed by atoms with Crippen LogP contribution in [0.25, 0.3) is 0 Å². The molecule has 1 rings (SSSR count). The van der Waals surface area contributed by atoms with Crippen molar-refractivity contribution < 1.29 is 4.79 Å². The molecule has 0 aliphatic rings. The molecule has 1 aromatic carbocycles. The number of benzene rings is 1. The van der Waals surface area contributed by atoms with Crippen molar-refractivity contribution in [1.29, 1.82) is 0 Å². The lowest BCUT2D eigenvalue weighted by Gasteiger charge is -2.23. The molecule has 0 saturated carbocycles. The SMILES string of the molecule is CCC(C)CN(CC)CC(=O)c1ccc(C)c(C)c1. The predicted molar refractivity (Wildman–Crippen MR) is 81.8 cm³/mol. The molecule has 0 amide bonds. The van der Waals surface area contributed by atoms with Crippen LogP contribution in [0.4, 0.5) is 0 Å². The highest BCUT2D eigenvalue weighted by Gasteiger charge is 2.13. The molecule has 106 valence electrons. The second kappa shape index (κ2) is 7.44. The second-order valence-corrected chi connectivity index (χ2v) is 5.56. The van der Waals surface area contributed by atoms with Crippen molar-refractivity contribution in [3.05, 3.63) is 34.9 Å². The summed E-state index contributed by atoms with van der Waals surface area (Å²) in [6.45, 7) is 13.2. The van der Waals surface area contributed by atoms with Gasteiger partial charge < -0.3 is 0 Å². The van der Waals surface area contributed by atoms with Crippen molar-refractivity contribution >= 4 is 5.78 Å². The van der Waals surface area contributed by atoms with Crippen LogP contribution in [0.3, 0.4) is 0 Å². The van der Waals surface area contributed by atoms with Gasteiger partial charge in [0.25, 0.3) is 0 Å². The number of likely N-dealkylation sites (N-methyl/N-ethyl adjacent to an activating group) is 1. The maximum Gasteiger partial charge on any atom is 0.176 e. The third-order valence-electron chi connectivity index (χ3n) is 3.91. The summed E-state index contributed by atoms with van der Waals surface area (Å²) in [4.78, 5) is 14.5. The molecule has 19 heavy (non-hydrogen) atoms. The Morgan fingerprint density at radius 1 is 1.21 bits per heavy atom. The number of aryl methyl sites for hydroxylation is 2. The number of carbonyl (C=O) groups is 1. The molecule has 2 heteroatoms. The van der Waals surface area contributed by atoms with Crippen LogP contribution in [0.2, 0.25) is 0 Å². The van der Waals surface area contributed by atoms with E-state index in [1.165, 1.54) is 11.1 Å². The van der Waals surface area contributed by atoms with E-state index in [4.69, 9.17) is 0 Å². The van der Waals surface area contributed by atoms with Crippen LogP contribution in [0.5, 0.6) is 0 Å². The van der Waals surface area contributed by atoms with Gasteiger partial charge in [-0.25, -0.2) is 0 Å². The molecular weight excluding hydrogens is 234 g/mol. The molecule has 0 N–H and O–H groups in total. The largest absolute Gasteiger partial charge is 0.296 e. The Balaban J connectivity index is 2.68. The van der Waals surface area contributed by atoms with E-state index in [1.807, 2.05) is 18.2 Å². The summed E-state index contributed by atoms with van der Waals surface area (Å²) in [6.07, 6.45) is 1.16. The lowest BCUT2D eigenvalue weighted by molar-refractivity contribution is 0.0923. The molecule has 0 heterocycles. The molecule has 0 radical (unpaired) electrons. The monoisotopic (exact) mass is 261 g/mol. The van der Waals surface area contributed by atoms with E-state index in [2.05, 4.69) is 39.5 Å². The zero-order valence-corrected chi connectivity index (χ0v) is 13.0. The fourth-order valence-electron chi connectivity index (χ4n) is 2.08. The lowest BCUT2D eigenvalue weighted by atomic mass is 10.0. The van der Waals surface area contributed by atoms with Crippen LogP contribution < -0.4 is 0 Å². The van der Waals surface area contributed by atoms with Crippen LogP contribution in [-0.4, -0.2) is 30.3 Å². The summed E-state index contributed by atoms with van der Waals surface area (Å²) >= 11 is 0. The highest BCUT2D eigenvalue weighted by molar-refractivity contribution is 5.97. The summed E-state index contributed by atoms with van der Waals surface area (Å²) in [7, 11) is 0. The molecule has 0 aliphatic heterocycles. The average Bonchev–Trinajstić information content (AvgIpc) is 2.40. The molecular formula is C17H27NO. The van der Waals surface area contributed by atoms with Gasteiger partial charge in [-0.3, -0.25) is 9.69 Å². The minimum atomic E-state index is 0.230. The van der Waals surface area contributed by atoms with Gasteiger partial charge in [0.05, 0.1) is 6.54 Å². The van der Waals surface area contributed by atoms with Crippen molar-refractivity contribution in [3.63, 3.8) is 0 Å². The summed E-state index contributed by atoms with van der Waals surface area (Å²) in [5.74, 6) is 0.876. The average molecular weight is 261 g/mol. The fraction of sp³-hybridized carbons (Fsp3) is 0.588. The molecule has 1 aromatic rings. The maximum atomic E-state index is 12.3. The molecule has 0 aromatic heterocycles. The Morgan fingerprint density at radius 3 is 2.42 bits per heavy atom. The third kappa shape index (κ3) is 4.79. The van der Waals surface area contributed by atoms with Gasteiger partial charge in [0.1, 0.15) is 0 Å². The molecule has 0 fully saturated rings. The van der Waals surface area contributed by atoms with Crippen molar-refractivity contribution in [2.45, 2.75) is 41.0 Å². The van der Waals surface area contributed by atoms with E-state index in [1.54, 1.807) is 0 Å². The zero-order chi connectivity index (χ0) is 14.4. The predicted octanol–water partition coefficient (Wildman–Crippen LogP) is 3.85. The van der Waals surface area contributed by atoms with Crippen LogP contribution in [0.1, 0.15) is 48.7 Å². The number of ketones is 1. The first kappa shape index (κ1) is 15.9. The quantitative estimate of drug-likeness (QED) is 0.695. The van der Waals surface area contributed by atoms with E-state index in [9.17, 15) is 4.79 Å². The molecule has 0 aliphatic carbocycles. The normalized spacial score (nSPS) is 12.7. The van der Waals surface area contributed by atoms with Gasteiger partial charge in [-0.05, 0) is 43.5 Å². The van der Waals surface area contributed by atoms with Gasteiger partial charge >= 0.3 is 0 Å². The fourth-order valence-corrected chi connectivity index (χ4v) is 2.08. The Morgan fingerprint density at radius 2 is 1.89 bits per heavy atom. The van der Waals surface area contributed by atoms with E-state index in [0.29, 0.717) is 12.5 Å². The molecule has 2 nitrogen and oxygen atoms in total. The Kier molecular flexibility index (Phi) is 6.23. The minimum Gasteiger partial charge on any atom is -0.296 e. The van der Waals surface area contributed by atoms with E-state index in [0.717, 1.165) is 25.1 Å². The summed E-state index contributed by atoms with van der Waals surface area (Å²) in [5, 5.41) is 0. The minimum absolute atomic E-state index is 0.230. The maximum absolute atomic E-state index is 12.3. The Bertz CT molecular complexity index is 425. The molecule has 0 spiro atoms. The number of hydrogen-bond donors (Lipinski definition) is 0. The number of rotatable bonds is 7. The molecule has 1 unspecified atom stereocenters. The molecule has 0 saturated heterocycles. The van der Waals surface area contributed by atoms with Crippen LogP contribution in [-0.2, 0) is 0 Å². The number of hydrogen-bond acceptors (Lipinski definition) is 2. The first-order valence-electron chi connectivity index (χ1n) is 7.30. The van der Waals surface area contributed by atoms with Gasteiger partial charge in [0, 0.05) is 12.1 Å². The summed E-state index contributed by atoms with van der Waals surface area (Å²) in [6, 6.07) is 5.99. The zero-order valence-electron chi connectivity index (χ0n) is 13.0. The van der Waals surface area contributed by atoms with Gasteiger partial charge in [0.2, 0.25) is 0 Å². The summed E-state index contributed by atoms with van der Waals surface area (Å²) < 4.78 is 0. The van der Waals surface area contributed by atoms with Crippen molar-refractivity contribution in [1.82, 2.24) is 4.90 Å². The van der Waals surface area contributed by atoms with Crippen LogP contribution >= 0.6 is 0 Å². The van der Waals surface area contributed by atoms with Gasteiger partial charge in [-0.2, -0.15) is 0 Å². The number of carbonyl (C=O) groups excluding carboxylic acids is 1. The standard InChI is InChI=1S/C17H27NO/c1-6-13(3)11-18(7-2)12-17(19)16-9-8-14(4)15(5)10-16/h8-10,13H,6-7,11-12H2,1-5H3. The van der Waals surface area contributed by atoms with E-state index >= 15 is 0 Å². The van der Waals surface area contributed by atoms with Crippen molar-refractivity contribution in [3.8, 4) is 0 Å². The third-order valence-corrected chi connectivity index (χ3v) is 3.91. The second-order valence-electron chi connectivity index (χ2n) is 5.56. The topological polar surface area (TPSA) is 20.3 Å². The van der Waals surface area contributed by atoms with Gasteiger partial charge in [-0.1, -0.05) is 39.3 Å². The van der Waals surface area contributed by atoms with Crippen LogP contribution in [0.15, 0.2) is 18.2 Å².